The molecule has 1 fully saturated rings. The number of hydrogen-bond donors (Lipinski definition) is 1. The lowest BCUT2D eigenvalue weighted by Gasteiger charge is -2.27. The normalized spacial score (nSPS) is 15.5. The van der Waals surface area contributed by atoms with E-state index in [0.29, 0.717) is 11.6 Å². The summed E-state index contributed by atoms with van der Waals surface area (Å²) in [5.74, 6) is -0.883. The molecule has 4 amide bonds. The van der Waals surface area contributed by atoms with Crippen LogP contribution in [0.25, 0.3) is 11.8 Å². The summed E-state index contributed by atoms with van der Waals surface area (Å²) < 4.78 is 2.09. The number of carbonyl (C=O) groups excluding carboxylic acids is 3. The number of nitrogens with one attached hydrogen (secondary N) is 1. The summed E-state index contributed by atoms with van der Waals surface area (Å²) in [4.78, 5) is 39.4. The van der Waals surface area contributed by atoms with Gasteiger partial charge < -0.3 is 4.57 Å². The van der Waals surface area contributed by atoms with Gasteiger partial charge in [0.1, 0.15) is 5.57 Å². The first-order valence-electron chi connectivity index (χ1n) is 11.0. The fourth-order valence-electron chi connectivity index (χ4n) is 4.19. The van der Waals surface area contributed by atoms with Crippen molar-refractivity contribution in [3.05, 3.63) is 88.2 Å². The fraction of sp³-hybridized carbons (Fsp3) is 0.222. The number of amides is 4. The molecule has 6 nitrogen and oxygen atoms in total. The van der Waals surface area contributed by atoms with Crippen LogP contribution in [0.5, 0.6) is 0 Å². The Morgan fingerprint density at radius 3 is 2.21 bits per heavy atom. The van der Waals surface area contributed by atoms with Gasteiger partial charge in [0, 0.05) is 17.1 Å². The lowest BCUT2D eigenvalue weighted by Crippen LogP contribution is -2.54. The van der Waals surface area contributed by atoms with Crippen molar-refractivity contribution in [3.8, 4) is 5.69 Å². The number of hydrogen-bond acceptors (Lipinski definition) is 3. The van der Waals surface area contributed by atoms with Crippen molar-refractivity contribution in [2.45, 2.75) is 40.5 Å². The van der Waals surface area contributed by atoms with Crippen LogP contribution in [0.4, 0.5) is 10.5 Å². The van der Waals surface area contributed by atoms with E-state index in [2.05, 4.69) is 48.0 Å². The van der Waals surface area contributed by atoms with Crippen LogP contribution in [-0.2, 0) is 9.59 Å². The van der Waals surface area contributed by atoms with Crippen LogP contribution in [0, 0.1) is 20.8 Å². The monoisotopic (exact) mass is 441 g/mol. The molecule has 1 saturated heterocycles. The van der Waals surface area contributed by atoms with E-state index in [-0.39, 0.29) is 5.57 Å². The van der Waals surface area contributed by atoms with E-state index in [0.717, 1.165) is 33.1 Å². The Balaban J connectivity index is 1.74. The molecule has 6 heteroatoms. The predicted octanol–water partition coefficient (Wildman–Crippen LogP) is 5.19. The molecule has 1 aromatic heterocycles. The Bertz CT molecular complexity index is 1300. The Labute approximate surface area is 193 Å². The molecule has 0 radical (unpaired) electrons. The molecule has 2 aromatic carbocycles. The lowest BCUT2D eigenvalue weighted by molar-refractivity contribution is -0.122. The molecule has 0 spiro atoms. The quantitative estimate of drug-likeness (QED) is 0.447. The number of anilines is 1. The molecule has 0 bridgehead atoms. The highest BCUT2D eigenvalue weighted by molar-refractivity contribution is 6.39. The Kier molecular flexibility index (Phi) is 5.77. The molecule has 0 atom stereocenters. The third kappa shape index (κ3) is 4.00. The molecule has 33 heavy (non-hydrogen) atoms. The number of rotatable bonds is 4. The van der Waals surface area contributed by atoms with E-state index in [4.69, 9.17) is 0 Å². The van der Waals surface area contributed by atoms with Crippen molar-refractivity contribution in [2.24, 2.45) is 0 Å². The molecule has 0 unspecified atom stereocenters. The van der Waals surface area contributed by atoms with E-state index in [9.17, 15) is 14.4 Å². The summed E-state index contributed by atoms with van der Waals surface area (Å²) in [6.07, 6.45) is 1.57. The van der Waals surface area contributed by atoms with Gasteiger partial charge in [-0.2, -0.15) is 0 Å². The third-order valence-electron chi connectivity index (χ3n) is 6.05. The van der Waals surface area contributed by atoms with E-state index in [1.54, 1.807) is 18.2 Å². The van der Waals surface area contributed by atoms with Crippen LogP contribution in [0.15, 0.2) is 60.2 Å². The van der Waals surface area contributed by atoms with Crippen LogP contribution < -0.4 is 10.2 Å². The van der Waals surface area contributed by atoms with Gasteiger partial charge in [-0.3, -0.25) is 14.9 Å². The molecular weight excluding hydrogens is 414 g/mol. The van der Waals surface area contributed by atoms with Gasteiger partial charge in [0.25, 0.3) is 11.8 Å². The zero-order valence-electron chi connectivity index (χ0n) is 19.5. The number of aryl methyl sites for hydroxylation is 2. The number of imide groups is 2. The largest absolute Gasteiger partial charge is 0.335 e. The van der Waals surface area contributed by atoms with E-state index in [1.165, 1.54) is 5.56 Å². The first-order chi connectivity index (χ1) is 15.7. The minimum Gasteiger partial charge on any atom is -0.318 e. The smallest absolute Gasteiger partial charge is 0.318 e. The van der Waals surface area contributed by atoms with Crippen LogP contribution >= 0.6 is 0 Å². The van der Waals surface area contributed by atoms with Crippen LogP contribution in [0.3, 0.4) is 0 Å². The Morgan fingerprint density at radius 2 is 1.58 bits per heavy atom. The average Bonchev–Trinajstić information content (AvgIpc) is 3.05. The maximum atomic E-state index is 13.2. The highest BCUT2D eigenvalue weighted by Crippen LogP contribution is 2.28. The zero-order valence-corrected chi connectivity index (χ0v) is 19.5. The molecule has 1 aliphatic heterocycles. The zero-order chi connectivity index (χ0) is 23.9. The number of aromatic nitrogens is 1. The topological polar surface area (TPSA) is 71.4 Å². The first kappa shape index (κ1) is 22.3. The number of barbiturate groups is 1. The Hall–Kier alpha value is -3.93. The minimum absolute atomic E-state index is 0.0757. The van der Waals surface area contributed by atoms with Gasteiger partial charge in [0.2, 0.25) is 0 Å². The van der Waals surface area contributed by atoms with Gasteiger partial charge in [-0.1, -0.05) is 44.2 Å². The standard InChI is InChI=1S/C27H27N3O3/c1-16(2)20-10-12-22(13-11-20)29-18(4)14-21(19(29)5)15-23-25(31)28-27(33)30(26(23)32)24-9-7-6-8-17(24)3/h6-16H,1-5H3,(H,28,31,33)/b23-15+. The second-order valence-corrected chi connectivity index (χ2v) is 8.65. The van der Waals surface area contributed by atoms with Crippen molar-refractivity contribution in [3.63, 3.8) is 0 Å². The number of carbonyl (C=O) groups is 3. The van der Waals surface area contributed by atoms with Crippen molar-refractivity contribution in [2.75, 3.05) is 4.90 Å². The predicted molar refractivity (Wildman–Crippen MR) is 130 cm³/mol. The maximum absolute atomic E-state index is 13.2. The summed E-state index contributed by atoms with van der Waals surface area (Å²) in [6.45, 7) is 10.1. The summed E-state index contributed by atoms with van der Waals surface area (Å²) in [5, 5.41) is 2.30. The molecule has 4 rings (SSSR count). The molecule has 1 N–H and O–H groups in total. The maximum Gasteiger partial charge on any atom is 0.335 e. The van der Waals surface area contributed by atoms with Crippen molar-refractivity contribution in [1.82, 2.24) is 9.88 Å². The van der Waals surface area contributed by atoms with E-state index < -0.39 is 17.8 Å². The highest BCUT2D eigenvalue weighted by atomic mass is 16.2. The van der Waals surface area contributed by atoms with E-state index in [1.807, 2.05) is 39.0 Å². The molecular formula is C27H27N3O3. The summed E-state index contributed by atoms with van der Waals surface area (Å²) in [7, 11) is 0. The third-order valence-corrected chi connectivity index (χ3v) is 6.05. The van der Waals surface area contributed by atoms with Crippen molar-refractivity contribution in [1.29, 1.82) is 0 Å². The summed E-state index contributed by atoms with van der Waals surface area (Å²) in [5.41, 5.74) is 6.03. The number of nitrogens with zero attached hydrogens (tertiary/aromatic N) is 2. The molecule has 2 heterocycles. The average molecular weight is 442 g/mol. The fourth-order valence-corrected chi connectivity index (χ4v) is 4.19. The second-order valence-electron chi connectivity index (χ2n) is 8.65. The summed E-state index contributed by atoms with van der Waals surface area (Å²) in [6, 6.07) is 16.6. The number of para-hydroxylation sites is 1. The van der Waals surface area contributed by atoms with Crippen LogP contribution in [0.1, 0.15) is 47.8 Å². The first-order valence-corrected chi connectivity index (χ1v) is 11.0. The van der Waals surface area contributed by atoms with Gasteiger partial charge in [-0.05, 0) is 73.7 Å². The lowest BCUT2D eigenvalue weighted by atomic mass is 10.0. The van der Waals surface area contributed by atoms with Gasteiger partial charge in [0.15, 0.2) is 0 Å². The molecule has 0 aliphatic carbocycles. The Morgan fingerprint density at radius 1 is 0.909 bits per heavy atom. The van der Waals surface area contributed by atoms with Crippen molar-refractivity contribution >= 4 is 29.6 Å². The van der Waals surface area contributed by atoms with E-state index >= 15 is 0 Å². The van der Waals surface area contributed by atoms with Crippen molar-refractivity contribution < 1.29 is 14.4 Å². The van der Waals surface area contributed by atoms with Crippen LogP contribution in [0.2, 0.25) is 0 Å². The number of urea groups is 1. The van der Waals surface area contributed by atoms with Gasteiger partial charge in [-0.25, -0.2) is 9.69 Å². The molecule has 168 valence electrons. The second kappa shape index (κ2) is 8.54. The SMILES string of the molecule is Cc1ccccc1N1C(=O)NC(=O)/C(=C\c2cc(C)n(-c3ccc(C(C)C)cc3)c2C)C1=O. The highest BCUT2D eigenvalue weighted by Gasteiger charge is 2.37. The van der Waals surface area contributed by atoms with Gasteiger partial charge in [-0.15, -0.1) is 0 Å². The molecule has 3 aromatic rings. The summed E-state index contributed by atoms with van der Waals surface area (Å²) >= 11 is 0. The van der Waals surface area contributed by atoms with Gasteiger partial charge in [0.05, 0.1) is 5.69 Å². The minimum atomic E-state index is -0.743. The van der Waals surface area contributed by atoms with Gasteiger partial charge >= 0.3 is 6.03 Å². The number of benzene rings is 2. The molecule has 1 aliphatic rings. The van der Waals surface area contributed by atoms with Crippen LogP contribution in [-0.4, -0.2) is 22.4 Å². The molecule has 0 saturated carbocycles.